The summed E-state index contributed by atoms with van der Waals surface area (Å²) in [7, 11) is 1.80. The Morgan fingerprint density at radius 1 is 1.45 bits per heavy atom. The molecule has 106 valence electrons. The Balaban J connectivity index is 1.97. The van der Waals surface area contributed by atoms with Crippen molar-refractivity contribution in [2.24, 2.45) is 0 Å². The third-order valence-electron chi connectivity index (χ3n) is 3.29. The van der Waals surface area contributed by atoms with Crippen LogP contribution in [0, 0.1) is 11.8 Å². The number of rotatable bonds is 3. The molecule has 2 rings (SSSR count). The molecule has 1 aliphatic rings. The number of hydrogen-bond donors (Lipinski definition) is 1. The number of ether oxygens (including phenoxy) is 1. The van der Waals surface area contributed by atoms with Crippen molar-refractivity contribution in [3.63, 3.8) is 0 Å². The van der Waals surface area contributed by atoms with E-state index in [9.17, 15) is 4.79 Å². The Morgan fingerprint density at radius 3 is 2.80 bits per heavy atom. The van der Waals surface area contributed by atoms with Gasteiger partial charge in [0, 0.05) is 31.3 Å². The van der Waals surface area contributed by atoms with E-state index in [2.05, 4.69) is 11.8 Å². The second-order valence-corrected chi connectivity index (χ2v) is 4.86. The normalized spacial score (nSPS) is 17.4. The maximum atomic E-state index is 12.3. The maximum absolute atomic E-state index is 12.3. The number of carbonyl (C=O) groups excluding carboxylic acids is 1. The number of hydrogen-bond acceptors (Lipinski definition) is 3. The molecule has 0 spiro atoms. The summed E-state index contributed by atoms with van der Waals surface area (Å²) >= 11 is 0. The van der Waals surface area contributed by atoms with Gasteiger partial charge >= 0.3 is 0 Å². The highest BCUT2D eigenvalue weighted by Gasteiger charge is 2.20. The van der Waals surface area contributed by atoms with Crippen LogP contribution in [0.5, 0.6) is 0 Å². The number of likely N-dealkylation sites (N-methyl/N-ethyl adjacent to an activating group) is 1. The molecular weight excluding hydrogens is 254 g/mol. The smallest absolute Gasteiger partial charge is 0.253 e. The van der Waals surface area contributed by atoms with Gasteiger partial charge in [-0.15, -0.1) is 0 Å². The zero-order valence-corrected chi connectivity index (χ0v) is 11.6. The van der Waals surface area contributed by atoms with Gasteiger partial charge in [0.15, 0.2) is 0 Å². The van der Waals surface area contributed by atoms with Crippen LogP contribution in [0.4, 0.5) is 0 Å². The van der Waals surface area contributed by atoms with Crippen molar-refractivity contribution in [3.05, 3.63) is 35.4 Å². The Hall–Kier alpha value is -1.83. The summed E-state index contributed by atoms with van der Waals surface area (Å²) in [6.07, 6.45) is 2.26. The van der Waals surface area contributed by atoms with Gasteiger partial charge in [0.05, 0.1) is 6.10 Å². The van der Waals surface area contributed by atoms with Gasteiger partial charge in [-0.2, -0.15) is 0 Å². The minimum Gasteiger partial charge on any atom is -0.384 e. The van der Waals surface area contributed by atoms with E-state index in [1.54, 1.807) is 36.2 Å². The largest absolute Gasteiger partial charge is 0.384 e. The molecule has 0 bridgehead atoms. The lowest BCUT2D eigenvalue weighted by atomic mass is 10.1. The zero-order chi connectivity index (χ0) is 14.4. The van der Waals surface area contributed by atoms with Gasteiger partial charge < -0.3 is 14.7 Å². The van der Waals surface area contributed by atoms with Crippen LogP contribution in [-0.2, 0) is 4.74 Å². The molecule has 0 aliphatic carbocycles. The highest BCUT2D eigenvalue weighted by atomic mass is 16.5. The number of aliphatic hydroxyl groups is 1. The van der Waals surface area contributed by atoms with Gasteiger partial charge in [-0.05, 0) is 37.1 Å². The van der Waals surface area contributed by atoms with E-state index in [1.807, 2.05) is 0 Å². The molecule has 1 saturated heterocycles. The molecule has 1 aliphatic heterocycles. The molecule has 1 atom stereocenters. The van der Waals surface area contributed by atoms with Crippen molar-refractivity contribution in [3.8, 4) is 11.8 Å². The van der Waals surface area contributed by atoms with Crippen LogP contribution in [0.25, 0.3) is 0 Å². The Kier molecular flexibility index (Phi) is 5.16. The van der Waals surface area contributed by atoms with E-state index in [-0.39, 0.29) is 18.6 Å². The van der Waals surface area contributed by atoms with Crippen molar-refractivity contribution in [2.75, 3.05) is 26.8 Å². The van der Waals surface area contributed by atoms with E-state index in [1.165, 1.54) is 0 Å². The van der Waals surface area contributed by atoms with Crippen molar-refractivity contribution >= 4 is 5.91 Å². The van der Waals surface area contributed by atoms with Crippen molar-refractivity contribution < 1.29 is 14.6 Å². The van der Waals surface area contributed by atoms with Crippen molar-refractivity contribution in [2.45, 2.75) is 18.9 Å². The second kappa shape index (κ2) is 7.09. The lowest BCUT2D eigenvalue weighted by molar-refractivity contribution is 0.0587. The summed E-state index contributed by atoms with van der Waals surface area (Å²) in [6.45, 7) is 1.26. The Labute approximate surface area is 119 Å². The molecule has 1 unspecified atom stereocenters. The van der Waals surface area contributed by atoms with E-state index >= 15 is 0 Å². The van der Waals surface area contributed by atoms with Crippen LogP contribution >= 0.6 is 0 Å². The van der Waals surface area contributed by atoms with E-state index < -0.39 is 0 Å². The second-order valence-electron chi connectivity index (χ2n) is 4.86. The zero-order valence-electron chi connectivity index (χ0n) is 11.6. The Bertz CT molecular complexity index is 507. The summed E-state index contributed by atoms with van der Waals surface area (Å²) in [5.74, 6) is 5.37. The van der Waals surface area contributed by atoms with E-state index in [0.717, 1.165) is 25.0 Å². The molecule has 20 heavy (non-hydrogen) atoms. The number of aliphatic hydroxyl groups excluding tert-OH is 1. The van der Waals surface area contributed by atoms with Gasteiger partial charge in [0.1, 0.15) is 6.61 Å². The fraction of sp³-hybridized carbons (Fsp3) is 0.438. The first kappa shape index (κ1) is 14.6. The monoisotopic (exact) mass is 273 g/mol. The highest BCUT2D eigenvalue weighted by Crippen LogP contribution is 2.14. The van der Waals surface area contributed by atoms with Crippen LogP contribution in [0.1, 0.15) is 28.8 Å². The van der Waals surface area contributed by atoms with Crippen LogP contribution in [0.2, 0.25) is 0 Å². The first-order valence-electron chi connectivity index (χ1n) is 6.77. The molecule has 4 nitrogen and oxygen atoms in total. The number of nitrogens with zero attached hydrogens (tertiary/aromatic N) is 1. The fourth-order valence-electron chi connectivity index (χ4n) is 2.23. The van der Waals surface area contributed by atoms with Crippen LogP contribution in [0.3, 0.4) is 0 Å². The standard InChI is InChI=1S/C16H19NO3/c1-17(12-15-5-3-11-20-15)16(19)14-8-6-13(7-9-14)4-2-10-18/h6-9,15,18H,3,5,10-12H2,1H3. The number of carbonyl (C=O) groups is 1. The summed E-state index contributed by atoms with van der Waals surface area (Å²) in [6, 6.07) is 7.09. The van der Waals surface area contributed by atoms with Gasteiger partial charge in [0.25, 0.3) is 5.91 Å². The summed E-state index contributed by atoms with van der Waals surface area (Å²) < 4.78 is 5.54. The van der Waals surface area contributed by atoms with Crippen molar-refractivity contribution in [1.82, 2.24) is 4.90 Å². The minimum atomic E-state index is -0.162. The molecule has 4 heteroatoms. The van der Waals surface area contributed by atoms with Crippen molar-refractivity contribution in [1.29, 1.82) is 0 Å². The third-order valence-corrected chi connectivity index (χ3v) is 3.29. The number of benzene rings is 1. The summed E-state index contributed by atoms with van der Waals surface area (Å²) in [4.78, 5) is 14.0. The molecule has 1 heterocycles. The maximum Gasteiger partial charge on any atom is 0.253 e. The lowest BCUT2D eigenvalue weighted by Crippen LogP contribution is -2.34. The molecule has 1 aromatic carbocycles. The van der Waals surface area contributed by atoms with E-state index in [0.29, 0.717) is 12.1 Å². The predicted octanol–water partition coefficient (Wildman–Crippen LogP) is 1.28. The van der Waals surface area contributed by atoms with Gasteiger partial charge in [-0.3, -0.25) is 4.79 Å². The highest BCUT2D eigenvalue weighted by molar-refractivity contribution is 5.94. The fourth-order valence-corrected chi connectivity index (χ4v) is 2.23. The summed E-state index contributed by atoms with van der Waals surface area (Å²) in [5.41, 5.74) is 1.43. The lowest BCUT2D eigenvalue weighted by Gasteiger charge is -2.20. The molecule has 1 fully saturated rings. The topological polar surface area (TPSA) is 49.8 Å². The molecule has 1 aromatic rings. The molecule has 0 saturated carbocycles. The Morgan fingerprint density at radius 2 is 2.20 bits per heavy atom. The average Bonchev–Trinajstić information content (AvgIpc) is 2.97. The van der Waals surface area contributed by atoms with E-state index in [4.69, 9.17) is 9.84 Å². The average molecular weight is 273 g/mol. The molecule has 0 aromatic heterocycles. The molecule has 1 amide bonds. The predicted molar refractivity (Wildman–Crippen MR) is 76.3 cm³/mol. The molecule has 0 radical (unpaired) electrons. The first-order chi connectivity index (χ1) is 9.70. The van der Waals surface area contributed by atoms with Crippen LogP contribution in [0.15, 0.2) is 24.3 Å². The third kappa shape index (κ3) is 3.83. The molecular formula is C16H19NO3. The quantitative estimate of drug-likeness (QED) is 0.844. The SMILES string of the molecule is CN(CC1CCCO1)C(=O)c1ccc(C#CCO)cc1. The van der Waals surface area contributed by atoms with Crippen LogP contribution in [-0.4, -0.2) is 48.8 Å². The first-order valence-corrected chi connectivity index (χ1v) is 6.77. The van der Waals surface area contributed by atoms with Gasteiger partial charge in [0.2, 0.25) is 0 Å². The summed E-state index contributed by atoms with van der Waals surface area (Å²) in [5, 5.41) is 8.63. The van der Waals surface area contributed by atoms with Crippen LogP contribution < -0.4 is 0 Å². The minimum absolute atomic E-state index is 0.0119. The van der Waals surface area contributed by atoms with Gasteiger partial charge in [-0.25, -0.2) is 0 Å². The number of amides is 1. The van der Waals surface area contributed by atoms with Gasteiger partial charge in [-0.1, -0.05) is 11.8 Å². The molecule has 1 N–H and O–H groups in total.